The summed E-state index contributed by atoms with van der Waals surface area (Å²) >= 11 is 1.40. The molecule has 150 valence electrons. The quantitative estimate of drug-likeness (QED) is 0.570. The average molecular weight is 397 g/mol. The number of para-hydroxylation sites is 1. The van der Waals surface area contributed by atoms with Gasteiger partial charge in [0, 0.05) is 0 Å². The Morgan fingerprint density at radius 3 is 2.00 bits per heavy atom. The van der Waals surface area contributed by atoms with Crippen LogP contribution in [0.4, 0.5) is 0 Å². The Kier molecular flexibility index (Phi) is 18.1. The van der Waals surface area contributed by atoms with Gasteiger partial charge in [-0.05, 0) is 24.3 Å². The summed E-state index contributed by atoms with van der Waals surface area (Å²) < 4.78 is 6.62. The first-order chi connectivity index (χ1) is 13.6. The van der Waals surface area contributed by atoms with E-state index in [-0.39, 0.29) is 6.61 Å². The van der Waals surface area contributed by atoms with Gasteiger partial charge >= 0.3 is 83.0 Å². The molecule has 2 N–H and O–H groups in total. The standard InChI is InChI=1S/C8H10O2.C8H17.C7H6O2.Na/c9-6-7-10-8-4-2-1-3-5-8;1-4-6-7-8(3)5-2;8-7(9)6-4-2-1-3-5-6;/h1-5,9H,6-7H2;8H,3-7H2,1-2H3;1-5H,(H,8,9);. The fraction of sp³-hybridized carbons (Fsp3) is 0.435. The summed E-state index contributed by atoms with van der Waals surface area (Å²) in [7, 11) is 0. The normalized spacial score (nSPS) is 10.6. The number of unbranched alkanes of at least 4 members (excludes halogenated alkanes) is 1. The molecule has 1 unspecified atom stereocenters. The molecule has 0 aliphatic carbocycles. The van der Waals surface area contributed by atoms with E-state index in [4.69, 9.17) is 14.9 Å². The summed E-state index contributed by atoms with van der Waals surface area (Å²) in [6.45, 7) is 5.02. The van der Waals surface area contributed by atoms with E-state index < -0.39 is 5.97 Å². The summed E-state index contributed by atoms with van der Waals surface area (Å²) in [5.41, 5.74) is 0.331. The Morgan fingerprint density at radius 1 is 1.04 bits per heavy atom. The molecule has 4 nitrogen and oxygen atoms in total. The summed E-state index contributed by atoms with van der Waals surface area (Å²) in [5, 5.41) is 16.8. The third kappa shape index (κ3) is 14.7. The molecule has 0 saturated carbocycles. The first-order valence-corrected chi connectivity index (χ1v) is 11.6. The van der Waals surface area contributed by atoms with Gasteiger partial charge in [0.1, 0.15) is 12.4 Å². The molecule has 0 aliphatic rings. The minimum atomic E-state index is -0.879. The summed E-state index contributed by atoms with van der Waals surface area (Å²) in [6.07, 6.45) is 5.71. The van der Waals surface area contributed by atoms with Crippen molar-refractivity contribution in [2.75, 3.05) is 13.2 Å². The van der Waals surface area contributed by atoms with Crippen molar-refractivity contribution in [1.82, 2.24) is 0 Å². The van der Waals surface area contributed by atoms with E-state index in [1.807, 2.05) is 30.3 Å². The van der Waals surface area contributed by atoms with Crippen LogP contribution in [0, 0.1) is 5.92 Å². The Bertz CT molecular complexity index is 586. The third-order valence-corrected chi connectivity index (χ3v) is 5.40. The van der Waals surface area contributed by atoms with Crippen molar-refractivity contribution in [3.8, 4) is 5.75 Å². The molecule has 0 saturated heterocycles. The summed E-state index contributed by atoms with van der Waals surface area (Å²) in [6, 6.07) is 17.7. The topological polar surface area (TPSA) is 66.8 Å². The van der Waals surface area contributed by atoms with E-state index in [1.165, 1.54) is 57.3 Å². The summed E-state index contributed by atoms with van der Waals surface area (Å²) in [4.78, 5) is 10.2. The smallest absolute Gasteiger partial charge is 0.335 e. The van der Waals surface area contributed by atoms with Crippen molar-refractivity contribution in [3.05, 3.63) is 66.2 Å². The maximum absolute atomic E-state index is 10.2. The van der Waals surface area contributed by atoms with E-state index >= 15 is 0 Å². The molecule has 2 rings (SSSR count). The predicted octanol–water partition coefficient (Wildman–Crippen LogP) is 5.23. The van der Waals surface area contributed by atoms with Gasteiger partial charge in [0.05, 0.1) is 12.2 Å². The number of carboxylic acid groups (broad SMARTS) is 1. The SMILES string of the molecule is CCCCC(CC)[CH2][Na].O=C(O)c1ccccc1.OCCOc1ccccc1. The molecule has 0 spiro atoms. The molecule has 0 aromatic heterocycles. The zero-order chi connectivity index (χ0) is 21.0. The number of benzene rings is 2. The van der Waals surface area contributed by atoms with Gasteiger partial charge in [0.15, 0.2) is 0 Å². The van der Waals surface area contributed by atoms with Crippen LogP contribution in [0.2, 0.25) is 3.67 Å². The number of carboxylic acids is 1. The predicted molar refractivity (Wildman–Crippen MR) is 116 cm³/mol. The molecule has 0 aliphatic heterocycles. The van der Waals surface area contributed by atoms with Crippen molar-refractivity contribution in [1.29, 1.82) is 0 Å². The van der Waals surface area contributed by atoms with Crippen LogP contribution in [0.15, 0.2) is 60.7 Å². The van der Waals surface area contributed by atoms with Crippen molar-refractivity contribution in [3.63, 3.8) is 0 Å². The maximum atomic E-state index is 10.2. The van der Waals surface area contributed by atoms with E-state index in [1.54, 1.807) is 30.3 Å². The van der Waals surface area contributed by atoms with Crippen LogP contribution in [-0.2, 0) is 0 Å². The van der Waals surface area contributed by atoms with Crippen molar-refractivity contribution < 1.29 is 19.7 Å². The first-order valence-electron chi connectivity index (χ1n) is 10.2. The molecule has 0 fully saturated rings. The number of hydrogen-bond acceptors (Lipinski definition) is 3. The molecule has 0 amide bonds. The molecule has 2 aromatic rings. The number of aromatic carboxylic acids is 1. The molecular weight excluding hydrogens is 363 g/mol. The van der Waals surface area contributed by atoms with Crippen LogP contribution in [-0.4, -0.2) is 57.3 Å². The van der Waals surface area contributed by atoms with Crippen LogP contribution in [0.5, 0.6) is 5.75 Å². The zero-order valence-corrected chi connectivity index (χ0v) is 19.5. The number of carbonyl (C=O) groups is 1. The monoisotopic (exact) mass is 396 g/mol. The van der Waals surface area contributed by atoms with Gasteiger partial charge in [-0.2, -0.15) is 0 Å². The molecule has 0 radical (unpaired) electrons. The van der Waals surface area contributed by atoms with Crippen LogP contribution in [0.25, 0.3) is 0 Å². The Morgan fingerprint density at radius 2 is 1.61 bits per heavy atom. The van der Waals surface area contributed by atoms with Crippen LogP contribution in [0.3, 0.4) is 0 Å². The van der Waals surface area contributed by atoms with E-state index in [9.17, 15) is 4.79 Å². The number of aliphatic hydroxyl groups excluding tert-OH is 1. The van der Waals surface area contributed by atoms with Crippen LogP contribution >= 0.6 is 0 Å². The van der Waals surface area contributed by atoms with Gasteiger partial charge in [-0.1, -0.05) is 36.4 Å². The second kappa shape index (κ2) is 19.0. The minimum absolute atomic E-state index is 0.0644. The van der Waals surface area contributed by atoms with Gasteiger partial charge in [-0.25, -0.2) is 4.79 Å². The zero-order valence-electron chi connectivity index (χ0n) is 17.5. The maximum Gasteiger partial charge on any atom is 0.335 e. The average Bonchev–Trinajstić information content (AvgIpc) is 2.75. The third-order valence-electron chi connectivity index (χ3n) is 4.24. The largest absolute Gasteiger partial charge is 0.491 e. The minimum Gasteiger partial charge on any atom is -0.491 e. The Balaban J connectivity index is 0.000000392. The Hall–Kier alpha value is -1.33. The second-order valence-electron chi connectivity index (χ2n) is 6.38. The fourth-order valence-electron chi connectivity index (χ4n) is 2.45. The molecule has 0 heterocycles. The van der Waals surface area contributed by atoms with Crippen LogP contribution in [0.1, 0.15) is 49.9 Å². The van der Waals surface area contributed by atoms with Crippen molar-refractivity contribution in [2.45, 2.75) is 43.2 Å². The van der Waals surface area contributed by atoms with Gasteiger partial charge in [-0.3, -0.25) is 0 Å². The van der Waals surface area contributed by atoms with Gasteiger partial charge in [0.25, 0.3) is 0 Å². The van der Waals surface area contributed by atoms with E-state index in [0.717, 1.165) is 11.7 Å². The first kappa shape index (κ1) is 26.7. The van der Waals surface area contributed by atoms with Gasteiger partial charge < -0.3 is 14.9 Å². The van der Waals surface area contributed by atoms with E-state index in [2.05, 4.69) is 13.8 Å². The van der Waals surface area contributed by atoms with Crippen LogP contribution < -0.4 is 4.74 Å². The molecule has 1 atom stereocenters. The molecule has 5 heteroatoms. The number of ether oxygens (including phenoxy) is 1. The summed E-state index contributed by atoms with van der Waals surface area (Å²) in [5.74, 6) is 0.990. The second-order valence-corrected chi connectivity index (χ2v) is 7.20. The van der Waals surface area contributed by atoms with Gasteiger partial charge in [-0.15, -0.1) is 0 Å². The molecular formula is C23H33NaO4. The Labute approximate surface area is 187 Å². The van der Waals surface area contributed by atoms with Gasteiger partial charge in [0.2, 0.25) is 0 Å². The van der Waals surface area contributed by atoms with Crippen molar-refractivity contribution in [2.24, 2.45) is 5.92 Å². The molecule has 0 bridgehead atoms. The van der Waals surface area contributed by atoms with E-state index in [0.29, 0.717) is 12.2 Å². The number of rotatable bonds is 9. The fourth-order valence-corrected chi connectivity index (χ4v) is 3.44. The number of aliphatic hydroxyl groups is 1. The molecule has 2 aromatic carbocycles. The van der Waals surface area contributed by atoms with Crippen molar-refractivity contribution >= 4 is 33.9 Å². The molecule has 28 heavy (non-hydrogen) atoms. The number of hydrogen-bond donors (Lipinski definition) is 2.